The third kappa shape index (κ3) is 3.89. The van der Waals surface area contributed by atoms with E-state index < -0.39 is 5.60 Å². The second-order valence-corrected chi connectivity index (χ2v) is 6.50. The second-order valence-electron chi connectivity index (χ2n) is 6.50. The summed E-state index contributed by atoms with van der Waals surface area (Å²) in [6.07, 6.45) is 4.39. The summed E-state index contributed by atoms with van der Waals surface area (Å²) in [7, 11) is 1.50. The minimum Gasteiger partial charge on any atom is -0.507 e. The first-order valence-corrected chi connectivity index (χ1v) is 8.63. The number of carbonyl (C=O) groups is 1. The molecule has 5 heteroatoms. The average Bonchev–Trinajstić information content (AvgIpc) is 2.68. The molecule has 0 bridgehead atoms. The van der Waals surface area contributed by atoms with E-state index in [0.29, 0.717) is 31.7 Å². The number of piperidine rings is 1. The Morgan fingerprint density at radius 2 is 1.85 bits per heavy atom. The summed E-state index contributed by atoms with van der Waals surface area (Å²) in [6.45, 7) is 1.31. The number of aliphatic hydroxyl groups is 1. The number of hydrogen-bond acceptors (Lipinski definition) is 5. The van der Waals surface area contributed by atoms with E-state index in [1.54, 1.807) is 18.3 Å². The largest absolute Gasteiger partial charge is 0.507 e. The Hall–Kier alpha value is -2.79. The molecule has 2 aromatic rings. The molecule has 1 fully saturated rings. The van der Waals surface area contributed by atoms with Crippen molar-refractivity contribution in [3.8, 4) is 11.5 Å². The van der Waals surface area contributed by atoms with Crippen molar-refractivity contribution in [1.29, 1.82) is 0 Å². The lowest BCUT2D eigenvalue weighted by Crippen LogP contribution is -2.40. The van der Waals surface area contributed by atoms with Crippen LogP contribution in [0.5, 0.6) is 11.5 Å². The molecule has 0 spiro atoms. The summed E-state index contributed by atoms with van der Waals surface area (Å²) >= 11 is 0. The van der Waals surface area contributed by atoms with Crippen molar-refractivity contribution in [3.63, 3.8) is 0 Å². The normalized spacial score (nSPS) is 16.6. The highest BCUT2D eigenvalue weighted by Gasteiger charge is 2.32. The number of phenolic OH excluding ortho intramolecular Hbond substituents is 1. The topological polar surface area (TPSA) is 70.0 Å². The summed E-state index contributed by atoms with van der Waals surface area (Å²) in [5.41, 5.74) is 0.354. The van der Waals surface area contributed by atoms with Crippen molar-refractivity contribution < 1.29 is 19.7 Å². The molecule has 26 heavy (non-hydrogen) atoms. The number of methoxy groups -OCH3 is 1. The fourth-order valence-electron chi connectivity index (χ4n) is 3.19. The van der Waals surface area contributed by atoms with Crippen molar-refractivity contribution in [2.24, 2.45) is 0 Å². The summed E-state index contributed by atoms with van der Waals surface area (Å²) in [6, 6.07) is 14.3. The van der Waals surface area contributed by atoms with E-state index >= 15 is 0 Å². The number of nitrogens with zero attached hydrogens (tertiary/aromatic N) is 1. The minimum absolute atomic E-state index is 0.101. The maximum atomic E-state index is 12.3. The summed E-state index contributed by atoms with van der Waals surface area (Å²) in [5.74, 6) is 0.129. The molecular formula is C21H23NO4. The number of phenols is 1. The first-order chi connectivity index (χ1) is 12.5. The van der Waals surface area contributed by atoms with Gasteiger partial charge in [0.1, 0.15) is 11.5 Å². The van der Waals surface area contributed by atoms with Crippen LogP contribution in [0.15, 0.2) is 60.8 Å². The Morgan fingerprint density at radius 3 is 2.46 bits per heavy atom. The number of allylic oxidation sites excluding steroid dienone is 1. The van der Waals surface area contributed by atoms with E-state index in [2.05, 4.69) is 0 Å². The zero-order valence-electron chi connectivity index (χ0n) is 14.8. The molecule has 1 heterocycles. The number of benzene rings is 2. The lowest BCUT2D eigenvalue weighted by molar-refractivity contribution is -0.0161. The highest BCUT2D eigenvalue weighted by molar-refractivity contribution is 6.06. The van der Waals surface area contributed by atoms with Gasteiger partial charge in [-0.2, -0.15) is 0 Å². The van der Waals surface area contributed by atoms with Crippen LogP contribution >= 0.6 is 0 Å². The first kappa shape index (κ1) is 18.0. The molecule has 1 aliphatic rings. The zero-order valence-corrected chi connectivity index (χ0v) is 14.8. The van der Waals surface area contributed by atoms with Crippen molar-refractivity contribution in [3.05, 3.63) is 71.9 Å². The molecule has 0 aliphatic carbocycles. The molecule has 0 amide bonds. The van der Waals surface area contributed by atoms with Crippen LogP contribution in [-0.2, 0) is 5.60 Å². The molecule has 1 saturated heterocycles. The smallest absolute Gasteiger partial charge is 0.190 e. The van der Waals surface area contributed by atoms with Gasteiger partial charge in [-0.1, -0.05) is 30.3 Å². The number of likely N-dealkylation sites (tertiary alicyclic amines) is 1. The van der Waals surface area contributed by atoms with Gasteiger partial charge in [0, 0.05) is 31.4 Å². The van der Waals surface area contributed by atoms with Gasteiger partial charge in [0.15, 0.2) is 5.78 Å². The third-order valence-corrected chi connectivity index (χ3v) is 4.84. The van der Waals surface area contributed by atoms with E-state index in [1.165, 1.54) is 19.3 Å². The second kappa shape index (κ2) is 7.62. The van der Waals surface area contributed by atoms with Crippen LogP contribution in [-0.4, -0.2) is 41.1 Å². The van der Waals surface area contributed by atoms with Gasteiger partial charge in [0.05, 0.1) is 18.3 Å². The monoisotopic (exact) mass is 353 g/mol. The lowest BCUT2D eigenvalue weighted by Gasteiger charge is -2.38. The van der Waals surface area contributed by atoms with Crippen LogP contribution < -0.4 is 4.74 Å². The number of hydrogen-bond donors (Lipinski definition) is 2. The van der Waals surface area contributed by atoms with Crippen molar-refractivity contribution >= 4 is 5.78 Å². The van der Waals surface area contributed by atoms with Crippen molar-refractivity contribution in [1.82, 2.24) is 4.90 Å². The van der Waals surface area contributed by atoms with E-state index in [0.717, 1.165) is 5.56 Å². The Balaban J connectivity index is 1.61. The Kier molecular flexibility index (Phi) is 5.28. The quantitative estimate of drug-likeness (QED) is 0.639. The molecule has 5 nitrogen and oxygen atoms in total. The molecular weight excluding hydrogens is 330 g/mol. The van der Waals surface area contributed by atoms with E-state index in [4.69, 9.17) is 4.74 Å². The van der Waals surface area contributed by atoms with Gasteiger partial charge in [-0.15, -0.1) is 0 Å². The van der Waals surface area contributed by atoms with Gasteiger partial charge < -0.3 is 19.8 Å². The molecule has 2 aromatic carbocycles. The minimum atomic E-state index is -0.816. The predicted molar refractivity (Wildman–Crippen MR) is 99.3 cm³/mol. The number of ether oxygens (including phenoxy) is 1. The van der Waals surface area contributed by atoms with Crippen molar-refractivity contribution in [2.75, 3.05) is 20.2 Å². The third-order valence-electron chi connectivity index (χ3n) is 4.84. The molecule has 1 aliphatic heterocycles. The van der Waals surface area contributed by atoms with Gasteiger partial charge in [-0.05, 0) is 30.5 Å². The van der Waals surface area contributed by atoms with Gasteiger partial charge >= 0.3 is 0 Å². The first-order valence-electron chi connectivity index (χ1n) is 8.63. The lowest BCUT2D eigenvalue weighted by atomic mass is 9.84. The standard InChI is InChI=1S/C21H23NO4/c1-26-17-7-8-18(20(24)15-17)19(23)9-12-22-13-10-21(25,11-14-22)16-5-3-2-4-6-16/h2-9,12,15,24-25H,10-11,13-14H2,1H3/b12-9+. The van der Waals surface area contributed by atoms with E-state index in [9.17, 15) is 15.0 Å². The summed E-state index contributed by atoms with van der Waals surface area (Å²) in [5, 5.41) is 20.8. The maximum Gasteiger partial charge on any atom is 0.190 e. The average molecular weight is 353 g/mol. The van der Waals surface area contributed by atoms with E-state index in [1.807, 2.05) is 35.2 Å². The highest BCUT2D eigenvalue weighted by Crippen LogP contribution is 2.32. The van der Waals surface area contributed by atoms with Crippen LogP contribution in [0.3, 0.4) is 0 Å². The summed E-state index contributed by atoms with van der Waals surface area (Å²) < 4.78 is 5.02. The Morgan fingerprint density at radius 1 is 1.15 bits per heavy atom. The molecule has 0 radical (unpaired) electrons. The molecule has 2 N–H and O–H groups in total. The van der Waals surface area contributed by atoms with Crippen molar-refractivity contribution in [2.45, 2.75) is 18.4 Å². The fraction of sp³-hybridized carbons (Fsp3) is 0.286. The summed E-state index contributed by atoms with van der Waals surface area (Å²) in [4.78, 5) is 14.3. The van der Waals surface area contributed by atoms with Crippen LogP contribution in [0.4, 0.5) is 0 Å². The predicted octanol–water partition coefficient (Wildman–Crippen LogP) is 3.08. The maximum absolute atomic E-state index is 12.3. The molecule has 0 unspecified atom stereocenters. The van der Waals surface area contributed by atoms with E-state index in [-0.39, 0.29) is 17.1 Å². The van der Waals surface area contributed by atoms with Crippen LogP contribution in [0.25, 0.3) is 0 Å². The molecule has 3 rings (SSSR count). The van der Waals surface area contributed by atoms with Gasteiger partial charge in [0.2, 0.25) is 0 Å². The number of carbonyl (C=O) groups excluding carboxylic acids is 1. The Bertz CT molecular complexity index is 793. The molecule has 0 atom stereocenters. The number of rotatable bonds is 5. The zero-order chi connectivity index (χ0) is 18.6. The highest BCUT2D eigenvalue weighted by atomic mass is 16.5. The van der Waals surface area contributed by atoms with Gasteiger partial charge in [-0.3, -0.25) is 4.79 Å². The molecule has 136 valence electrons. The number of aromatic hydroxyl groups is 1. The molecule has 0 saturated carbocycles. The number of ketones is 1. The Labute approximate surface area is 153 Å². The van der Waals surface area contributed by atoms with Crippen LogP contribution in [0, 0.1) is 0 Å². The molecule has 0 aromatic heterocycles. The van der Waals surface area contributed by atoms with Gasteiger partial charge in [-0.25, -0.2) is 0 Å². The van der Waals surface area contributed by atoms with Gasteiger partial charge in [0.25, 0.3) is 0 Å². The SMILES string of the molecule is COc1ccc(C(=O)/C=C/N2CCC(O)(c3ccccc3)CC2)c(O)c1. The van der Waals surface area contributed by atoms with Crippen LogP contribution in [0.2, 0.25) is 0 Å². The van der Waals surface area contributed by atoms with Crippen LogP contribution in [0.1, 0.15) is 28.8 Å². The fourth-order valence-corrected chi connectivity index (χ4v) is 3.19.